The fourth-order valence-corrected chi connectivity index (χ4v) is 2.79. The lowest BCUT2D eigenvalue weighted by Crippen LogP contribution is -2.45. The molecule has 0 saturated heterocycles. The van der Waals surface area contributed by atoms with Gasteiger partial charge in [-0.3, -0.25) is 9.89 Å². The number of esters is 1. The minimum atomic E-state index is -4.10. The Bertz CT molecular complexity index is 610. The molecule has 1 heterocycles. The van der Waals surface area contributed by atoms with E-state index in [4.69, 9.17) is 4.74 Å². The van der Waals surface area contributed by atoms with Gasteiger partial charge in [0.25, 0.3) is 10.0 Å². The first-order valence-corrected chi connectivity index (χ1v) is 7.82. The molecule has 10 heteroatoms. The third kappa shape index (κ3) is 4.26. The van der Waals surface area contributed by atoms with E-state index in [2.05, 4.69) is 20.2 Å². The predicted octanol–water partition coefficient (Wildman–Crippen LogP) is -0.611. The van der Waals surface area contributed by atoms with Crippen LogP contribution < -0.4 is 10.0 Å². The van der Waals surface area contributed by atoms with E-state index < -0.39 is 33.0 Å². The number of carbonyl (C=O) groups is 2. The van der Waals surface area contributed by atoms with Crippen LogP contribution in [0, 0.1) is 0 Å². The maximum Gasteiger partial charge on any atom is 0.342 e. The summed E-state index contributed by atoms with van der Waals surface area (Å²) in [6, 6.07) is -0.992. The molecule has 0 bridgehead atoms. The zero-order chi connectivity index (χ0) is 16.0. The van der Waals surface area contributed by atoms with Crippen LogP contribution in [0.4, 0.5) is 0 Å². The molecule has 118 valence electrons. The Kier molecular flexibility index (Phi) is 5.85. The third-order valence-electron chi connectivity index (χ3n) is 2.44. The maximum atomic E-state index is 12.2. The Morgan fingerprint density at radius 2 is 2.10 bits per heavy atom. The third-order valence-corrected chi connectivity index (χ3v) is 3.96. The Balaban J connectivity index is 2.96. The van der Waals surface area contributed by atoms with E-state index in [1.807, 2.05) is 0 Å². The number of H-pyrrole nitrogens is 1. The fourth-order valence-electron chi connectivity index (χ4n) is 1.51. The summed E-state index contributed by atoms with van der Waals surface area (Å²) < 4.78 is 31.2. The van der Waals surface area contributed by atoms with Gasteiger partial charge in [0.2, 0.25) is 5.91 Å². The highest BCUT2D eigenvalue weighted by molar-refractivity contribution is 7.89. The van der Waals surface area contributed by atoms with Crippen LogP contribution in [0.3, 0.4) is 0 Å². The average Bonchev–Trinajstić information content (AvgIpc) is 2.88. The van der Waals surface area contributed by atoms with Gasteiger partial charge in [-0.2, -0.15) is 9.82 Å². The number of nitrogens with zero attached hydrogens (tertiary/aromatic N) is 1. The molecule has 0 radical (unpaired) electrons. The molecule has 1 atom stereocenters. The van der Waals surface area contributed by atoms with Crippen molar-refractivity contribution >= 4 is 21.9 Å². The van der Waals surface area contributed by atoms with E-state index in [9.17, 15) is 18.0 Å². The van der Waals surface area contributed by atoms with Crippen LogP contribution in [0.1, 0.15) is 31.1 Å². The summed E-state index contributed by atoms with van der Waals surface area (Å²) in [4.78, 5) is 23.2. The smallest absolute Gasteiger partial charge is 0.342 e. The highest BCUT2D eigenvalue weighted by atomic mass is 32.2. The lowest BCUT2D eigenvalue weighted by molar-refractivity contribution is -0.122. The second-order valence-corrected chi connectivity index (χ2v) is 5.72. The van der Waals surface area contributed by atoms with Gasteiger partial charge < -0.3 is 10.1 Å². The van der Waals surface area contributed by atoms with Crippen LogP contribution in [0.2, 0.25) is 0 Å². The molecule has 1 amide bonds. The van der Waals surface area contributed by atoms with Crippen molar-refractivity contribution in [2.45, 2.75) is 31.8 Å². The van der Waals surface area contributed by atoms with Gasteiger partial charge >= 0.3 is 5.97 Å². The summed E-state index contributed by atoms with van der Waals surface area (Å²) in [5.74, 6) is -1.28. The molecule has 9 nitrogen and oxygen atoms in total. The van der Waals surface area contributed by atoms with Gasteiger partial charge in [0.15, 0.2) is 5.03 Å². The summed E-state index contributed by atoms with van der Waals surface area (Å²) in [7, 11) is -4.10. The zero-order valence-corrected chi connectivity index (χ0v) is 12.8. The first-order valence-electron chi connectivity index (χ1n) is 6.34. The maximum absolute atomic E-state index is 12.2. The standard InChI is InChI=1S/C11H18N4O5S/c1-4-12-9(16)7(3)15-21(18,19)10-8(6-13-14-10)11(17)20-5-2/h6-7,15H,4-5H2,1-3H3,(H,12,16)(H,13,14). The number of likely N-dealkylation sites (N-methyl/N-ethyl adjacent to an activating group) is 1. The second kappa shape index (κ2) is 7.18. The highest BCUT2D eigenvalue weighted by Gasteiger charge is 2.28. The molecule has 0 fully saturated rings. The SMILES string of the molecule is CCNC(=O)C(C)NS(=O)(=O)c1[nH]ncc1C(=O)OCC. The van der Waals surface area contributed by atoms with Crippen molar-refractivity contribution in [3.05, 3.63) is 11.8 Å². The van der Waals surface area contributed by atoms with E-state index in [0.717, 1.165) is 6.20 Å². The predicted molar refractivity (Wildman–Crippen MR) is 73.0 cm³/mol. The molecule has 1 aromatic rings. The molecule has 0 spiro atoms. The minimum absolute atomic E-state index is 0.103. The van der Waals surface area contributed by atoms with Crippen molar-refractivity contribution < 1.29 is 22.7 Å². The number of sulfonamides is 1. The number of hydrogen-bond acceptors (Lipinski definition) is 6. The number of aromatic nitrogens is 2. The molecule has 0 aliphatic rings. The van der Waals surface area contributed by atoms with Crippen molar-refractivity contribution in [2.75, 3.05) is 13.2 Å². The van der Waals surface area contributed by atoms with E-state index in [0.29, 0.717) is 6.54 Å². The van der Waals surface area contributed by atoms with Crippen LogP contribution in [0.5, 0.6) is 0 Å². The first-order chi connectivity index (χ1) is 9.83. The van der Waals surface area contributed by atoms with Crippen LogP contribution in [0.15, 0.2) is 11.2 Å². The first kappa shape index (κ1) is 17.1. The molecule has 0 aromatic carbocycles. The Hall–Kier alpha value is -1.94. The van der Waals surface area contributed by atoms with E-state index in [-0.39, 0.29) is 12.2 Å². The Morgan fingerprint density at radius 3 is 2.67 bits per heavy atom. The molecule has 1 aromatic heterocycles. The summed E-state index contributed by atoms with van der Waals surface area (Å²) >= 11 is 0. The average molecular weight is 318 g/mol. The minimum Gasteiger partial charge on any atom is -0.462 e. The molecular formula is C11H18N4O5S. The van der Waals surface area contributed by atoms with Crippen molar-refractivity contribution in [3.63, 3.8) is 0 Å². The van der Waals surface area contributed by atoms with Crippen molar-refractivity contribution in [1.29, 1.82) is 0 Å². The number of carbonyl (C=O) groups excluding carboxylic acids is 2. The quantitative estimate of drug-likeness (QED) is 0.575. The van der Waals surface area contributed by atoms with Crippen molar-refractivity contribution in [3.8, 4) is 0 Å². The van der Waals surface area contributed by atoms with E-state index in [1.165, 1.54) is 6.92 Å². The molecule has 1 unspecified atom stereocenters. The summed E-state index contributed by atoms with van der Waals surface area (Å²) in [6.07, 6.45) is 1.06. The second-order valence-electron chi connectivity index (χ2n) is 4.07. The number of hydrogen-bond donors (Lipinski definition) is 3. The number of ether oxygens (including phenoxy) is 1. The number of amides is 1. The Labute approximate surface area is 122 Å². The van der Waals surface area contributed by atoms with Gasteiger partial charge in [-0.1, -0.05) is 0 Å². The van der Waals surface area contributed by atoms with Gasteiger partial charge in [-0.25, -0.2) is 13.2 Å². The van der Waals surface area contributed by atoms with Crippen molar-refractivity contribution in [1.82, 2.24) is 20.2 Å². The summed E-state index contributed by atoms with van der Waals surface area (Å²) in [5.41, 5.74) is -0.215. The van der Waals surface area contributed by atoms with Gasteiger partial charge in [0.05, 0.1) is 18.8 Å². The molecule has 21 heavy (non-hydrogen) atoms. The van der Waals surface area contributed by atoms with E-state index in [1.54, 1.807) is 13.8 Å². The molecule has 0 saturated carbocycles. The summed E-state index contributed by atoms with van der Waals surface area (Å²) in [5, 5.41) is 7.82. The zero-order valence-electron chi connectivity index (χ0n) is 12.0. The molecule has 1 rings (SSSR count). The number of nitrogens with one attached hydrogen (secondary N) is 3. The van der Waals surface area contributed by atoms with E-state index >= 15 is 0 Å². The number of aromatic amines is 1. The fraction of sp³-hybridized carbons (Fsp3) is 0.545. The molecule has 0 aliphatic carbocycles. The van der Waals surface area contributed by atoms with Gasteiger partial charge in [-0.05, 0) is 20.8 Å². The van der Waals surface area contributed by atoms with Crippen LogP contribution in [-0.4, -0.2) is 49.7 Å². The van der Waals surface area contributed by atoms with Gasteiger partial charge in [0, 0.05) is 6.54 Å². The largest absolute Gasteiger partial charge is 0.462 e. The lowest BCUT2D eigenvalue weighted by Gasteiger charge is -2.13. The molecule has 3 N–H and O–H groups in total. The van der Waals surface area contributed by atoms with Crippen molar-refractivity contribution in [2.24, 2.45) is 0 Å². The van der Waals surface area contributed by atoms with Crippen LogP contribution >= 0.6 is 0 Å². The van der Waals surface area contributed by atoms with Gasteiger partial charge in [-0.15, -0.1) is 0 Å². The molecular weight excluding hydrogens is 300 g/mol. The highest BCUT2D eigenvalue weighted by Crippen LogP contribution is 2.13. The number of rotatable bonds is 7. The normalized spacial score (nSPS) is 12.7. The molecule has 0 aliphatic heterocycles. The summed E-state index contributed by atoms with van der Waals surface area (Å²) in [6.45, 7) is 5.19. The lowest BCUT2D eigenvalue weighted by atomic mass is 10.3. The topological polar surface area (TPSA) is 130 Å². The van der Waals surface area contributed by atoms with Crippen LogP contribution in [-0.2, 0) is 19.6 Å². The van der Waals surface area contributed by atoms with Gasteiger partial charge in [0.1, 0.15) is 5.56 Å². The van der Waals surface area contributed by atoms with Crippen LogP contribution in [0.25, 0.3) is 0 Å². The Morgan fingerprint density at radius 1 is 1.43 bits per heavy atom. The monoisotopic (exact) mass is 318 g/mol.